The molecule has 0 fully saturated rings. The first kappa shape index (κ1) is 13.9. The molecule has 0 aromatic heterocycles. The molecule has 0 amide bonds. The monoisotopic (exact) mass is 254 g/mol. The Balaban J connectivity index is 2.69. The quantitative estimate of drug-likeness (QED) is 0.430. The largest absolute Gasteiger partial charge is 0.496 e. The summed E-state index contributed by atoms with van der Waals surface area (Å²) in [5, 5.41) is 22.0. The Kier molecular flexibility index (Phi) is 5.06. The number of nitro benzene ring substituents is 1. The van der Waals surface area contributed by atoms with E-state index in [1.54, 1.807) is 0 Å². The number of hydrogen-bond acceptors (Lipinski definition) is 5. The fraction of sp³-hybridized carbons (Fsp3) is 0.364. The molecule has 2 N–H and O–H groups in total. The number of nitro groups is 1. The highest BCUT2D eigenvalue weighted by atomic mass is 16.6. The van der Waals surface area contributed by atoms with Crippen molar-refractivity contribution in [3.05, 3.63) is 33.9 Å². The molecule has 0 unspecified atom stereocenters. The van der Waals surface area contributed by atoms with Crippen LogP contribution in [0, 0.1) is 10.1 Å². The average Bonchev–Trinajstić information content (AvgIpc) is 2.34. The molecule has 0 saturated heterocycles. The topological polar surface area (TPSA) is 102 Å². The van der Waals surface area contributed by atoms with Crippen LogP contribution in [0.15, 0.2) is 18.2 Å². The van der Waals surface area contributed by atoms with Crippen LogP contribution in [-0.2, 0) is 11.3 Å². The van der Waals surface area contributed by atoms with E-state index in [1.807, 2.05) is 0 Å². The van der Waals surface area contributed by atoms with Crippen molar-refractivity contribution in [1.82, 2.24) is 5.32 Å². The maximum atomic E-state index is 10.6. The first-order chi connectivity index (χ1) is 8.54. The van der Waals surface area contributed by atoms with Gasteiger partial charge < -0.3 is 15.2 Å². The van der Waals surface area contributed by atoms with Crippen LogP contribution in [0.25, 0.3) is 0 Å². The molecule has 98 valence electrons. The fourth-order valence-electron chi connectivity index (χ4n) is 1.44. The Labute approximate surface area is 104 Å². The van der Waals surface area contributed by atoms with Crippen molar-refractivity contribution in [2.75, 3.05) is 13.7 Å². The Morgan fingerprint density at radius 2 is 2.28 bits per heavy atom. The van der Waals surface area contributed by atoms with Crippen LogP contribution in [-0.4, -0.2) is 29.7 Å². The highest BCUT2D eigenvalue weighted by Gasteiger charge is 2.10. The molecule has 0 aliphatic rings. The van der Waals surface area contributed by atoms with Gasteiger partial charge in [-0.25, -0.2) is 0 Å². The molecule has 7 heteroatoms. The number of non-ortho nitro benzene ring substituents is 1. The van der Waals surface area contributed by atoms with Gasteiger partial charge in [0.15, 0.2) is 0 Å². The van der Waals surface area contributed by atoms with E-state index in [0.717, 1.165) is 0 Å². The summed E-state index contributed by atoms with van der Waals surface area (Å²) in [7, 11) is 1.47. The Bertz CT molecular complexity index is 447. The lowest BCUT2D eigenvalue weighted by Crippen LogP contribution is -2.18. The fourth-order valence-corrected chi connectivity index (χ4v) is 1.44. The van der Waals surface area contributed by atoms with Crippen molar-refractivity contribution in [1.29, 1.82) is 0 Å². The third kappa shape index (κ3) is 4.02. The molecular weight excluding hydrogens is 240 g/mol. The molecule has 0 saturated carbocycles. The smallest absolute Gasteiger partial charge is 0.304 e. The normalized spacial score (nSPS) is 10.1. The SMILES string of the molecule is COc1ccc([N+](=O)[O-])cc1CNCCC(=O)O. The Morgan fingerprint density at radius 3 is 2.83 bits per heavy atom. The number of rotatable bonds is 7. The highest BCUT2D eigenvalue weighted by molar-refractivity contribution is 5.66. The van der Waals surface area contributed by atoms with Gasteiger partial charge in [0.1, 0.15) is 5.75 Å². The van der Waals surface area contributed by atoms with Crippen LogP contribution in [0.3, 0.4) is 0 Å². The van der Waals surface area contributed by atoms with E-state index >= 15 is 0 Å². The number of ether oxygens (including phenoxy) is 1. The predicted octanol–water partition coefficient (Wildman–Crippen LogP) is 1.17. The van der Waals surface area contributed by atoms with Crippen molar-refractivity contribution in [3.63, 3.8) is 0 Å². The van der Waals surface area contributed by atoms with Crippen molar-refractivity contribution in [2.24, 2.45) is 0 Å². The van der Waals surface area contributed by atoms with Crippen LogP contribution >= 0.6 is 0 Å². The number of aliphatic carboxylic acids is 1. The summed E-state index contributed by atoms with van der Waals surface area (Å²) in [5.74, 6) is -0.364. The summed E-state index contributed by atoms with van der Waals surface area (Å²) in [6.07, 6.45) is -0.00274. The van der Waals surface area contributed by atoms with E-state index in [2.05, 4.69) is 5.32 Å². The standard InChI is InChI=1S/C11H14N2O5/c1-18-10-3-2-9(13(16)17)6-8(10)7-12-5-4-11(14)15/h2-3,6,12H,4-5,7H2,1H3,(H,14,15). The molecule has 0 heterocycles. The zero-order chi connectivity index (χ0) is 13.5. The zero-order valence-electron chi connectivity index (χ0n) is 9.88. The number of carbonyl (C=O) groups is 1. The van der Waals surface area contributed by atoms with Gasteiger partial charge in [-0.15, -0.1) is 0 Å². The number of carboxylic acid groups (broad SMARTS) is 1. The van der Waals surface area contributed by atoms with Crippen LogP contribution in [0.2, 0.25) is 0 Å². The molecule has 1 rings (SSSR count). The molecule has 18 heavy (non-hydrogen) atoms. The zero-order valence-corrected chi connectivity index (χ0v) is 9.88. The van der Waals surface area contributed by atoms with E-state index in [0.29, 0.717) is 24.4 Å². The van der Waals surface area contributed by atoms with E-state index in [4.69, 9.17) is 9.84 Å². The summed E-state index contributed by atoms with van der Waals surface area (Å²) in [6, 6.07) is 4.29. The summed E-state index contributed by atoms with van der Waals surface area (Å²) in [4.78, 5) is 20.5. The van der Waals surface area contributed by atoms with E-state index in [-0.39, 0.29) is 12.1 Å². The van der Waals surface area contributed by atoms with E-state index in [9.17, 15) is 14.9 Å². The van der Waals surface area contributed by atoms with Gasteiger partial charge in [0.2, 0.25) is 0 Å². The van der Waals surface area contributed by atoms with Gasteiger partial charge in [-0.3, -0.25) is 14.9 Å². The van der Waals surface area contributed by atoms with Gasteiger partial charge >= 0.3 is 5.97 Å². The number of methoxy groups -OCH3 is 1. The minimum absolute atomic E-state index is 0.00274. The van der Waals surface area contributed by atoms with Gasteiger partial charge in [-0.1, -0.05) is 0 Å². The van der Waals surface area contributed by atoms with Crippen molar-refractivity contribution < 1.29 is 19.6 Å². The predicted molar refractivity (Wildman–Crippen MR) is 63.6 cm³/mol. The van der Waals surface area contributed by atoms with Gasteiger partial charge in [0, 0.05) is 30.8 Å². The van der Waals surface area contributed by atoms with Crippen LogP contribution < -0.4 is 10.1 Å². The average molecular weight is 254 g/mol. The lowest BCUT2D eigenvalue weighted by atomic mass is 10.1. The summed E-state index contributed by atoms with van der Waals surface area (Å²) in [6.45, 7) is 0.610. The lowest BCUT2D eigenvalue weighted by molar-refractivity contribution is -0.384. The van der Waals surface area contributed by atoms with Crippen molar-refractivity contribution in [3.8, 4) is 5.75 Å². The molecule has 0 atom stereocenters. The van der Waals surface area contributed by atoms with E-state index in [1.165, 1.54) is 25.3 Å². The molecule has 7 nitrogen and oxygen atoms in total. The van der Waals surface area contributed by atoms with Crippen molar-refractivity contribution in [2.45, 2.75) is 13.0 Å². The summed E-state index contributed by atoms with van der Waals surface area (Å²) >= 11 is 0. The molecule has 0 spiro atoms. The molecule has 0 aliphatic heterocycles. The Hall–Kier alpha value is -2.15. The van der Waals surface area contributed by atoms with Crippen LogP contribution in [0.1, 0.15) is 12.0 Å². The second kappa shape index (κ2) is 6.55. The van der Waals surface area contributed by atoms with Crippen LogP contribution in [0.4, 0.5) is 5.69 Å². The lowest BCUT2D eigenvalue weighted by Gasteiger charge is -2.08. The maximum absolute atomic E-state index is 10.6. The van der Waals surface area contributed by atoms with Gasteiger partial charge in [-0.2, -0.15) is 0 Å². The minimum Gasteiger partial charge on any atom is -0.496 e. The van der Waals surface area contributed by atoms with E-state index < -0.39 is 10.9 Å². The van der Waals surface area contributed by atoms with Crippen LogP contribution in [0.5, 0.6) is 5.75 Å². The first-order valence-corrected chi connectivity index (χ1v) is 5.28. The van der Waals surface area contributed by atoms with Gasteiger partial charge in [-0.05, 0) is 6.07 Å². The molecular formula is C11H14N2O5. The number of hydrogen-bond donors (Lipinski definition) is 2. The molecule has 1 aromatic carbocycles. The first-order valence-electron chi connectivity index (χ1n) is 5.28. The number of nitrogens with zero attached hydrogens (tertiary/aromatic N) is 1. The second-order valence-electron chi connectivity index (χ2n) is 3.57. The number of benzene rings is 1. The number of nitrogens with one attached hydrogen (secondary N) is 1. The second-order valence-corrected chi connectivity index (χ2v) is 3.57. The summed E-state index contributed by atoms with van der Waals surface area (Å²) < 4.78 is 5.08. The van der Waals surface area contributed by atoms with Gasteiger partial charge in [0.25, 0.3) is 5.69 Å². The molecule has 0 bridgehead atoms. The third-order valence-corrected chi connectivity index (χ3v) is 2.31. The van der Waals surface area contributed by atoms with Gasteiger partial charge in [0.05, 0.1) is 18.5 Å². The molecule has 0 aliphatic carbocycles. The molecule has 1 aromatic rings. The Morgan fingerprint density at radius 1 is 1.56 bits per heavy atom. The minimum atomic E-state index is -0.895. The van der Waals surface area contributed by atoms with Crippen molar-refractivity contribution >= 4 is 11.7 Å². The summed E-state index contributed by atoms with van der Waals surface area (Å²) in [5.41, 5.74) is 0.600. The number of carboxylic acids is 1. The molecule has 0 radical (unpaired) electrons. The maximum Gasteiger partial charge on any atom is 0.304 e. The third-order valence-electron chi connectivity index (χ3n) is 2.31. The highest BCUT2D eigenvalue weighted by Crippen LogP contribution is 2.23.